The van der Waals surface area contributed by atoms with Gasteiger partial charge in [-0.3, -0.25) is 14.6 Å². The molecule has 7 nitrogen and oxygen atoms in total. The van der Waals surface area contributed by atoms with Gasteiger partial charge in [-0.25, -0.2) is 0 Å². The molecule has 4 rings (SSSR count). The van der Waals surface area contributed by atoms with E-state index in [1.807, 2.05) is 21.2 Å². The first-order valence-corrected chi connectivity index (χ1v) is 9.67. The van der Waals surface area contributed by atoms with Gasteiger partial charge in [-0.15, -0.1) is 11.3 Å². The van der Waals surface area contributed by atoms with E-state index in [-0.39, 0.29) is 28.2 Å². The van der Waals surface area contributed by atoms with Gasteiger partial charge in [0.25, 0.3) is 5.56 Å². The standard InChI is InChI=1S/C18H23N5O2S/c1-17(2)11-18(17,12-4-3-9-26-12)15(25)23-7-5-22(6-8-23)13-10-14(24)21-16(19)20-13/h3-4,9-10H,5-8,11H2,1-2H3,(H3,19,20,21,24). The highest BCUT2D eigenvalue weighted by Gasteiger charge is 2.68. The number of carbonyl (C=O) groups excluding carboxylic acids is 1. The number of carbonyl (C=O) groups is 1. The lowest BCUT2D eigenvalue weighted by atomic mass is 9.92. The van der Waals surface area contributed by atoms with Gasteiger partial charge < -0.3 is 15.5 Å². The zero-order chi connectivity index (χ0) is 18.5. The van der Waals surface area contributed by atoms with Crippen LogP contribution in [0.3, 0.4) is 0 Å². The molecule has 1 aliphatic carbocycles. The summed E-state index contributed by atoms with van der Waals surface area (Å²) in [5, 5.41) is 2.04. The SMILES string of the molecule is CC1(C)CC1(C(=O)N1CCN(c2cc(=O)[nH]c(N)n2)CC1)c1cccs1. The Hall–Kier alpha value is -2.35. The fourth-order valence-electron chi connectivity index (χ4n) is 4.06. The second-order valence-corrected chi connectivity index (χ2v) is 8.66. The maximum Gasteiger partial charge on any atom is 0.254 e. The molecule has 0 spiro atoms. The van der Waals surface area contributed by atoms with Crippen LogP contribution in [0.25, 0.3) is 0 Å². The van der Waals surface area contributed by atoms with E-state index in [9.17, 15) is 9.59 Å². The van der Waals surface area contributed by atoms with E-state index in [0.29, 0.717) is 32.0 Å². The van der Waals surface area contributed by atoms with Gasteiger partial charge in [-0.1, -0.05) is 19.9 Å². The van der Waals surface area contributed by atoms with E-state index in [4.69, 9.17) is 5.73 Å². The molecule has 1 aliphatic heterocycles. The normalized spacial score (nSPS) is 24.5. The number of nitrogens with two attached hydrogens (primary N) is 1. The minimum atomic E-state index is -0.379. The van der Waals surface area contributed by atoms with Crippen molar-refractivity contribution >= 4 is 29.0 Å². The summed E-state index contributed by atoms with van der Waals surface area (Å²) in [4.78, 5) is 36.8. The zero-order valence-electron chi connectivity index (χ0n) is 15.0. The van der Waals surface area contributed by atoms with Gasteiger partial charge in [0.15, 0.2) is 0 Å². The van der Waals surface area contributed by atoms with E-state index >= 15 is 0 Å². The number of piperazine rings is 1. The molecule has 2 aliphatic rings. The quantitative estimate of drug-likeness (QED) is 0.849. The Morgan fingerprint density at radius 2 is 2.00 bits per heavy atom. The van der Waals surface area contributed by atoms with Crippen molar-refractivity contribution in [2.75, 3.05) is 36.8 Å². The Bertz CT molecular complexity index is 883. The molecule has 3 heterocycles. The molecule has 2 aromatic heterocycles. The van der Waals surface area contributed by atoms with Gasteiger partial charge in [0, 0.05) is 37.1 Å². The van der Waals surface area contributed by atoms with Gasteiger partial charge in [0.1, 0.15) is 5.82 Å². The lowest BCUT2D eigenvalue weighted by molar-refractivity contribution is -0.135. The summed E-state index contributed by atoms with van der Waals surface area (Å²) in [7, 11) is 0. The second-order valence-electron chi connectivity index (χ2n) is 7.71. The number of nitrogens with zero attached hydrogens (tertiary/aromatic N) is 3. The number of nitrogen functional groups attached to an aromatic ring is 1. The number of H-pyrrole nitrogens is 1. The van der Waals surface area contributed by atoms with Crippen LogP contribution >= 0.6 is 11.3 Å². The van der Waals surface area contributed by atoms with Crippen LogP contribution in [-0.4, -0.2) is 47.0 Å². The summed E-state index contributed by atoms with van der Waals surface area (Å²) >= 11 is 1.67. The first-order valence-electron chi connectivity index (χ1n) is 8.79. The lowest BCUT2D eigenvalue weighted by Gasteiger charge is -2.37. The number of amides is 1. The molecule has 26 heavy (non-hydrogen) atoms. The van der Waals surface area contributed by atoms with Gasteiger partial charge in [0.05, 0.1) is 5.41 Å². The largest absolute Gasteiger partial charge is 0.369 e. The number of thiophene rings is 1. The molecular formula is C18H23N5O2S. The van der Waals surface area contributed by atoms with Crippen LogP contribution in [0.1, 0.15) is 25.1 Å². The molecule has 0 radical (unpaired) electrons. The van der Waals surface area contributed by atoms with Crippen LogP contribution in [0.5, 0.6) is 0 Å². The first kappa shape index (κ1) is 17.1. The molecule has 0 aromatic carbocycles. The van der Waals surface area contributed by atoms with Crippen molar-refractivity contribution in [3.8, 4) is 0 Å². The Labute approximate surface area is 155 Å². The van der Waals surface area contributed by atoms with E-state index in [2.05, 4.69) is 29.9 Å². The summed E-state index contributed by atoms with van der Waals surface area (Å²) in [6.45, 7) is 6.87. The van der Waals surface area contributed by atoms with Crippen molar-refractivity contribution < 1.29 is 4.79 Å². The van der Waals surface area contributed by atoms with Gasteiger partial charge in [-0.2, -0.15) is 4.98 Å². The van der Waals surface area contributed by atoms with Crippen LogP contribution in [0, 0.1) is 5.41 Å². The second kappa shape index (κ2) is 5.84. The Balaban J connectivity index is 1.50. The summed E-state index contributed by atoms with van der Waals surface area (Å²) in [5.74, 6) is 0.906. The molecule has 1 saturated carbocycles. The minimum absolute atomic E-state index is 0.00516. The smallest absolute Gasteiger partial charge is 0.254 e. The predicted molar refractivity (Wildman–Crippen MR) is 102 cm³/mol. The topological polar surface area (TPSA) is 95.3 Å². The van der Waals surface area contributed by atoms with E-state index in [0.717, 1.165) is 6.42 Å². The number of hydrogen-bond acceptors (Lipinski definition) is 6. The molecule has 3 N–H and O–H groups in total. The number of anilines is 2. The third-order valence-electron chi connectivity index (χ3n) is 5.68. The van der Waals surface area contributed by atoms with Crippen molar-refractivity contribution in [2.45, 2.75) is 25.7 Å². The highest BCUT2D eigenvalue weighted by molar-refractivity contribution is 7.10. The van der Waals surface area contributed by atoms with Crippen LogP contribution < -0.4 is 16.2 Å². The van der Waals surface area contributed by atoms with Crippen LogP contribution in [0.2, 0.25) is 0 Å². The van der Waals surface area contributed by atoms with E-state index in [1.54, 1.807) is 11.3 Å². The molecule has 2 aromatic rings. The minimum Gasteiger partial charge on any atom is -0.369 e. The predicted octanol–water partition coefficient (Wildman–Crippen LogP) is 1.43. The van der Waals surface area contributed by atoms with Crippen molar-refractivity contribution in [3.05, 3.63) is 38.8 Å². The number of aromatic amines is 1. The van der Waals surface area contributed by atoms with Crippen molar-refractivity contribution in [1.82, 2.24) is 14.9 Å². The third kappa shape index (κ3) is 2.59. The molecule has 0 bridgehead atoms. The number of rotatable bonds is 3. The van der Waals surface area contributed by atoms with E-state index in [1.165, 1.54) is 10.9 Å². The average molecular weight is 373 g/mol. The van der Waals surface area contributed by atoms with Crippen molar-refractivity contribution in [3.63, 3.8) is 0 Å². The van der Waals surface area contributed by atoms with Gasteiger partial charge in [-0.05, 0) is 23.3 Å². The Morgan fingerprint density at radius 1 is 1.31 bits per heavy atom. The van der Waals surface area contributed by atoms with Crippen LogP contribution in [0.15, 0.2) is 28.4 Å². The molecular weight excluding hydrogens is 350 g/mol. The summed E-state index contributed by atoms with van der Waals surface area (Å²) < 4.78 is 0. The number of nitrogens with one attached hydrogen (secondary N) is 1. The Morgan fingerprint density at radius 3 is 2.54 bits per heavy atom. The number of hydrogen-bond donors (Lipinski definition) is 2. The van der Waals surface area contributed by atoms with Crippen molar-refractivity contribution in [1.29, 1.82) is 0 Å². The zero-order valence-corrected chi connectivity index (χ0v) is 15.8. The highest BCUT2D eigenvalue weighted by atomic mass is 32.1. The maximum atomic E-state index is 13.4. The van der Waals surface area contributed by atoms with Gasteiger partial charge in [0.2, 0.25) is 11.9 Å². The molecule has 1 atom stereocenters. The third-order valence-corrected chi connectivity index (χ3v) is 6.71. The van der Waals surface area contributed by atoms with Crippen LogP contribution in [0.4, 0.5) is 11.8 Å². The molecule has 138 valence electrons. The lowest BCUT2D eigenvalue weighted by Crippen LogP contribution is -2.52. The van der Waals surface area contributed by atoms with Crippen LogP contribution in [-0.2, 0) is 10.2 Å². The monoisotopic (exact) mass is 373 g/mol. The molecule has 2 fully saturated rings. The first-order chi connectivity index (χ1) is 12.3. The number of aromatic nitrogens is 2. The molecule has 1 unspecified atom stereocenters. The summed E-state index contributed by atoms with van der Waals surface area (Å²) in [5.41, 5.74) is 4.99. The summed E-state index contributed by atoms with van der Waals surface area (Å²) in [6, 6.07) is 5.55. The van der Waals surface area contributed by atoms with E-state index < -0.39 is 0 Å². The van der Waals surface area contributed by atoms with Crippen molar-refractivity contribution in [2.24, 2.45) is 5.41 Å². The van der Waals surface area contributed by atoms with Gasteiger partial charge >= 0.3 is 0 Å². The molecule has 8 heteroatoms. The molecule has 1 saturated heterocycles. The Kier molecular flexibility index (Phi) is 3.83. The molecule has 1 amide bonds. The summed E-state index contributed by atoms with van der Waals surface area (Å²) in [6.07, 6.45) is 0.895. The fraction of sp³-hybridized carbons (Fsp3) is 0.500. The highest BCUT2D eigenvalue weighted by Crippen LogP contribution is 2.66. The maximum absolute atomic E-state index is 13.4. The fourth-order valence-corrected chi connectivity index (χ4v) is 5.16. The average Bonchev–Trinajstić information content (AvgIpc) is 2.97.